The van der Waals surface area contributed by atoms with Gasteiger partial charge in [0.25, 0.3) is 15.9 Å². The smallest absolute Gasteiger partial charge is 0.264 e. The quantitative estimate of drug-likeness (QED) is 0.239. The molecule has 182 valence electrons. The van der Waals surface area contributed by atoms with Crippen LogP contribution in [0, 0.1) is 0 Å². The van der Waals surface area contributed by atoms with Gasteiger partial charge in [0, 0.05) is 0 Å². The molecule has 0 atom stereocenters. The van der Waals surface area contributed by atoms with Crippen molar-refractivity contribution in [1.82, 2.24) is 5.43 Å². The normalized spacial score (nSPS) is 11.4. The SMILES string of the molecule is C=CCOc1cccc(/C=N\NC(=O)CN(c2ccc(C(C)C)cc2)S(=O)(=O)c2ccccc2)c1. The van der Waals surface area contributed by atoms with Crippen LogP contribution < -0.4 is 14.5 Å². The lowest BCUT2D eigenvalue weighted by molar-refractivity contribution is -0.119. The Kier molecular flexibility index (Phi) is 8.80. The van der Waals surface area contributed by atoms with Crippen molar-refractivity contribution in [3.05, 3.63) is 103 Å². The molecule has 0 unspecified atom stereocenters. The molecule has 0 heterocycles. The third kappa shape index (κ3) is 7.04. The summed E-state index contributed by atoms with van der Waals surface area (Å²) < 4.78 is 33.4. The van der Waals surface area contributed by atoms with Gasteiger partial charge in [0.05, 0.1) is 16.8 Å². The van der Waals surface area contributed by atoms with Crippen LogP contribution >= 0.6 is 0 Å². The molecule has 0 saturated carbocycles. The first-order chi connectivity index (χ1) is 16.8. The Labute approximate surface area is 206 Å². The van der Waals surface area contributed by atoms with Crippen LogP contribution in [0.1, 0.15) is 30.9 Å². The summed E-state index contributed by atoms with van der Waals surface area (Å²) in [5, 5.41) is 3.98. The number of hydrazone groups is 1. The second-order valence-electron chi connectivity index (χ2n) is 8.04. The van der Waals surface area contributed by atoms with Crippen LogP contribution in [0.5, 0.6) is 5.75 Å². The summed E-state index contributed by atoms with van der Waals surface area (Å²) in [6.45, 7) is 7.67. The van der Waals surface area contributed by atoms with Gasteiger partial charge in [-0.05, 0) is 53.4 Å². The highest BCUT2D eigenvalue weighted by Gasteiger charge is 2.27. The van der Waals surface area contributed by atoms with Gasteiger partial charge in [-0.1, -0.05) is 69.0 Å². The second-order valence-corrected chi connectivity index (χ2v) is 9.90. The van der Waals surface area contributed by atoms with Crippen LogP contribution in [0.2, 0.25) is 0 Å². The van der Waals surface area contributed by atoms with Crippen LogP contribution in [0.25, 0.3) is 0 Å². The van der Waals surface area contributed by atoms with Crippen molar-refractivity contribution in [2.45, 2.75) is 24.7 Å². The maximum atomic E-state index is 13.4. The lowest BCUT2D eigenvalue weighted by atomic mass is 10.0. The van der Waals surface area contributed by atoms with E-state index in [0.29, 0.717) is 29.5 Å². The molecule has 1 amide bonds. The van der Waals surface area contributed by atoms with Gasteiger partial charge in [0.2, 0.25) is 0 Å². The Morgan fingerprint density at radius 3 is 2.43 bits per heavy atom. The van der Waals surface area contributed by atoms with Crippen LogP contribution in [-0.4, -0.2) is 33.7 Å². The van der Waals surface area contributed by atoms with Crippen molar-refractivity contribution < 1.29 is 17.9 Å². The summed E-state index contributed by atoms with van der Waals surface area (Å²) in [6, 6.07) is 22.4. The van der Waals surface area contributed by atoms with Gasteiger partial charge in [0.15, 0.2) is 0 Å². The molecule has 8 heteroatoms. The Morgan fingerprint density at radius 1 is 1.06 bits per heavy atom. The highest BCUT2D eigenvalue weighted by molar-refractivity contribution is 7.92. The van der Waals surface area contributed by atoms with Crippen molar-refractivity contribution in [3.8, 4) is 5.75 Å². The van der Waals surface area contributed by atoms with Gasteiger partial charge in [-0.15, -0.1) is 0 Å². The molecule has 0 fully saturated rings. The molecular weight excluding hydrogens is 462 g/mol. The fourth-order valence-corrected chi connectivity index (χ4v) is 4.69. The minimum atomic E-state index is -3.98. The van der Waals surface area contributed by atoms with Crippen molar-refractivity contribution >= 4 is 27.8 Å². The average molecular weight is 492 g/mol. The van der Waals surface area contributed by atoms with E-state index in [1.807, 2.05) is 12.1 Å². The van der Waals surface area contributed by atoms with Gasteiger partial charge in [-0.2, -0.15) is 5.10 Å². The number of hydrogen-bond acceptors (Lipinski definition) is 5. The first kappa shape index (κ1) is 25.7. The Bertz CT molecular complexity index is 1270. The van der Waals surface area contributed by atoms with E-state index in [1.165, 1.54) is 18.3 Å². The number of ether oxygens (including phenoxy) is 1. The zero-order valence-corrected chi connectivity index (χ0v) is 20.6. The molecule has 0 spiro atoms. The summed E-state index contributed by atoms with van der Waals surface area (Å²) in [5.74, 6) is 0.361. The average Bonchev–Trinajstić information content (AvgIpc) is 2.87. The van der Waals surface area contributed by atoms with E-state index in [2.05, 4.69) is 31.0 Å². The molecule has 7 nitrogen and oxygen atoms in total. The number of carbonyl (C=O) groups is 1. The van der Waals surface area contributed by atoms with Crippen molar-refractivity contribution in [3.63, 3.8) is 0 Å². The third-order valence-corrected chi connectivity index (χ3v) is 6.88. The molecule has 1 N–H and O–H groups in total. The monoisotopic (exact) mass is 491 g/mol. The summed E-state index contributed by atoms with van der Waals surface area (Å²) in [4.78, 5) is 12.8. The first-order valence-corrected chi connectivity index (χ1v) is 12.6. The molecule has 0 aliphatic rings. The summed E-state index contributed by atoms with van der Waals surface area (Å²) in [7, 11) is -3.98. The number of amides is 1. The Morgan fingerprint density at radius 2 is 1.77 bits per heavy atom. The van der Waals surface area contributed by atoms with Crippen LogP contribution in [0.4, 0.5) is 5.69 Å². The lowest BCUT2D eigenvalue weighted by Gasteiger charge is -2.24. The molecule has 0 radical (unpaired) electrons. The predicted octanol–water partition coefficient (Wildman–Crippen LogP) is 4.72. The largest absolute Gasteiger partial charge is 0.490 e. The molecule has 0 aliphatic carbocycles. The Balaban J connectivity index is 1.79. The van der Waals surface area contributed by atoms with E-state index in [0.717, 1.165) is 9.87 Å². The van der Waals surface area contributed by atoms with E-state index in [4.69, 9.17) is 4.74 Å². The summed E-state index contributed by atoms with van der Waals surface area (Å²) >= 11 is 0. The maximum absolute atomic E-state index is 13.4. The fourth-order valence-electron chi connectivity index (χ4n) is 3.24. The molecule has 3 aromatic rings. The molecule has 3 rings (SSSR count). The maximum Gasteiger partial charge on any atom is 0.264 e. The minimum Gasteiger partial charge on any atom is -0.490 e. The van der Waals surface area contributed by atoms with Crippen LogP contribution in [0.15, 0.2) is 102 Å². The van der Waals surface area contributed by atoms with Gasteiger partial charge < -0.3 is 4.74 Å². The van der Waals surface area contributed by atoms with Crippen molar-refractivity contribution in [1.29, 1.82) is 0 Å². The van der Waals surface area contributed by atoms with E-state index < -0.39 is 22.5 Å². The van der Waals surface area contributed by atoms with Crippen LogP contribution in [-0.2, 0) is 14.8 Å². The fraction of sp³-hybridized carbons (Fsp3) is 0.185. The molecule has 0 aliphatic heterocycles. The number of nitrogens with one attached hydrogen (secondary N) is 1. The van der Waals surface area contributed by atoms with Crippen molar-refractivity contribution in [2.24, 2.45) is 5.10 Å². The number of benzene rings is 3. The summed E-state index contributed by atoms with van der Waals surface area (Å²) in [6.07, 6.45) is 3.11. The topological polar surface area (TPSA) is 88.1 Å². The highest BCUT2D eigenvalue weighted by Crippen LogP contribution is 2.25. The van der Waals surface area contributed by atoms with Crippen molar-refractivity contribution in [2.75, 3.05) is 17.5 Å². The van der Waals surface area contributed by atoms with E-state index in [-0.39, 0.29) is 4.90 Å². The van der Waals surface area contributed by atoms with E-state index in [9.17, 15) is 13.2 Å². The first-order valence-electron chi connectivity index (χ1n) is 11.1. The van der Waals surface area contributed by atoms with Gasteiger partial charge in [-0.25, -0.2) is 13.8 Å². The summed E-state index contributed by atoms with van der Waals surface area (Å²) in [5.41, 5.74) is 4.59. The van der Waals surface area contributed by atoms with Crippen LogP contribution in [0.3, 0.4) is 0 Å². The molecule has 0 saturated heterocycles. The molecule has 3 aromatic carbocycles. The highest BCUT2D eigenvalue weighted by atomic mass is 32.2. The number of rotatable bonds is 11. The van der Waals surface area contributed by atoms with Gasteiger partial charge in [0.1, 0.15) is 18.9 Å². The van der Waals surface area contributed by atoms with E-state index >= 15 is 0 Å². The number of sulfonamides is 1. The molecule has 0 aromatic heterocycles. The lowest BCUT2D eigenvalue weighted by Crippen LogP contribution is -2.39. The third-order valence-electron chi connectivity index (χ3n) is 5.09. The second kappa shape index (κ2) is 12.0. The number of anilines is 1. The molecule has 0 bridgehead atoms. The number of carbonyl (C=O) groups excluding carboxylic acids is 1. The van der Waals surface area contributed by atoms with E-state index in [1.54, 1.807) is 60.7 Å². The molecular formula is C27H29N3O4S. The van der Waals surface area contributed by atoms with Gasteiger partial charge >= 0.3 is 0 Å². The predicted molar refractivity (Wildman–Crippen MR) is 139 cm³/mol. The van der Waals surface area contributed by atoms with Gasteiger partial charge in [-0.3, -0.25) is 9.10 Å². The Hall–Kier alpha value is -3.91. The minimum absolute atomic E-state index is 0.0978. The molecule has 35 heavy (non-hydrogen) atoms. The standard InChI is InChI=1S/C27H29N3O4S/c1-4-17-34-25-10-8-9-22(18-25)19-28-29-27(31)20-30(24-15-13-23(14-16-24)21(2)3)35(32,33)26-11-6-5-7-12-26/h4-16,18-19,21H,1,17,20H2,2-3H3,(H,29,31)/b28-19-. The number of nitrogens with zero attached hydrogens (tertiary/aromatic N) is 2. The zero-order valence-electron chi connectivity index (χ0n) is 19.8. The zero-order chi connectivity index (χ0) is 25.3. The number of hydrogen-bond donors (Lipinski definition) is 1.